The molecule has 3 N–H and O–H groups in total. The molecule has 0 bridgehead atoms. The molecule has 0 saturated heterocycles. The van der Waals surface area contributed by atoms with Gasteiger partial charge < -0.3 is 10.3 Å². The van der Waals surface area contributed by atoms with Crippen LogP contribution in [0, 0.1) is 5.92 Å². The van der Waals surface area contributed by atoms with E-state index in [9.17, 15) is 4.79 Å². The number of pyridine rings is 3. The second kappa shape index (κ2) is 9.19. The minimum absolute atomic E-state index is 0.0816. The third kappa shape index (κ3) is 3.98. The maximum atomic E-state index is 12.6. The van der Waals surface area contributed by atoms with E-state index in [-0.39, 0.29) is 11.8 Å². The van der Waals surface area contributed by atoms with Crippen molar-refractivity contribution in [2.45, 2.75) is 25.7 Å². The highest BCUT2D eigenvalue weighted by Crippen LogP contribution is 2.33. The topological polar surface area (TPSA) is 125 Å². The number of hydrogen-bond acceptors (Lipinski definition) is 6. The van der Waals surface area contributed by atoms with E-state index in [2.05, 4.69) is 41.5 Å². The van der Waals surface area contributed by atoms with Crippen LogP contribution in [0.5, 0.6) is 0 Å². The summed E-state index contributed by atoms with van der Waals surface area (Å²) in [5, 5.41) is 11.7. The molecule has 1 aliphatic carbocycles. The Labute approximate surface area is 217 Å². The average Bonchev–Trinajstić information content (AvgIpc) is 3.73. The van der Waals surface area contributed by atoms with E-state index in [0.717, 1.165) is 64.4 Å². The van der Waals surface area contributed by atoms with Gasteiger partial charge in [-0.1, -0.05) is 25.0 Å². The Morgan fingerprint density at radius 3 is 2.68 bits per heavy atom. The molecule has 0 spiro atoms. The third-order valence-electron chi connectivity index (χ3n) is 7.21. The average molecular weight is 501 g/mol. The summed E-state index contributed by atoms with van der Waals surface area (Å²) < 4.78 is 0. The molecule has 5 aromatic heterocycles. The highest BCUT2D eigenvalue weighted by Gasteiger charge is 2.23. The molecule has 9 heteroatoms. The van der Waals surface area contributed by atoms with Crippen molar-refractivity contribution in [2.75, 3.05) is 5.32 Å². The molecule has 1 amide bonds. The number of rotatable bonds is 5. The van der Waals surface area contributed by atoms with Crippen molar-refractivity contribution in [3.05, 3.63) is 73.4 Å². The number of benzene rings is 1. The fraction of sp³-hybridized carbons (Fsp3) is 0.172. The van der Waals surface area contributed by atoms with Gasteiger partial charge in [0.1, 0.15) is 11.2 Å². The Kier molecular flexibility index (Phi) is 5.39. The molecule has 7 rings (SSSR count). The zero-order valence-corrected chi connectivity index (χ0v) is 20.5. The van der Waals surface area contributed by atoms with Crippen molar-refractivity contribution in [1.29, 1.82) is 0 Å². The molecule has 0 atom stereocenters. The van der Waals surface area contributed by atoms with Crippen LogP contribution in [0.2, 0.25) is 0 Å². The Morgan fingerprint density at radius 2 is 1.82 bits per heavy atom. The Bertz CT molecular complexity index is 1780. The fourth-order valence-electron chi connectivity index (χ4n) is 5.25. The van der Waals surface area contributed by atoms with Crippen molar-refractivity contribution in [3.63, 3.8) is 0 Å². The van der Waals surface area contributed by atoms with Gasteiger partial charge in [0.15, 0.2) is 11.5 Å². The van der Waals surface area contributed by atoms with E-state index in [1.165, 1.54) is 0 Å². The first-order valence-corrected chi connectivity index (χ1v) is 12.7. The summed E-state index contributed by atoms with van der Waals surface area (Å²) in [7, 11) is 0. The quantitative estimate of drug-likeness (QED) is 0.277. The predicted molar refractivity (Wildman–Crippen MR) is 146 cm³/mol. The van der Waals surface area contributed by atoms with Crippen LogP contribution in [0.3, 0.4) is 0 Å². The number of imidazole rings is 1. The Hall–Kier alpha value is -4.92. The number of amides is 1. The lowest BCUT2D eigenvalue weighted by molar-refractivity contribution is -0.119. The van der Waals surface area contributed by atoms with Gasteiger partial charge in [-0.05, 0) is 48.7 Å². The van der Waals surface area contributed by atoms with Gasteiger partial charge in [0.25, 0.3) is 0 Å². The molecule has 9 nitrogen and oxygen atoms in total. The lowest BCUT2D eigenvalue weighted by atomic mass is 10.0. The Morgan fingerprint density at radius 1 is 0.921 bits per heavy atom. The van der Waals surface area contributed by atoms with Crippen LogP contribution in [0.15, 0.2) is 73.4 Å². The monoisotopic (exact) mass is 500 g/mol. The summed E-state index contributed by atoms with van der Waals surface area (Å²) in [5.41, 5.74) is 7.55. The molecule has 1 saturated carbocycles. The van der Waals surface area contributed by atoms with E-state index in [1.807, 2.05) is 42.6 Å². The highest BCUT2D eigenvalue weighted by molar-refractivity contribution is 5.98. The number of carbonyl (C=O) groups excluding carboxylic acids is 1. The molecule has 0 unspecified atom stereocenters. The summed E-state index contributed by atoms with van der Waals surface area (Å²) in [5.74, 6) is 0.807. The van der Waals surface area contributed by atoms with E-state index in [1.54, 1.807) is 24.8 Å². The molecule has 1 fully saturated rings. The van der Waals surface area contributed by atoms with Gasteiger partial charge in [-0.3, -0.25) is 19.9 Å². The molecule has 0 aliphatic heterocycles. The van der Waals surface area contributed by atoms with Crippen LogP contribution in [0.25, 0.3) is 55.8 Å². The van der Waals surface area contributed by atoms with Crippen LogP contribution >= 0.6 is 0 Å². The number of aromatic amines is 2. The minimum atomic E-state index is 0.0816. The first-order chi connectivity index (χ1) is 18.7. The number of hydrogen-bond donors (Lipinski definition) is 3. The summed E-state index contributed by atoms with van der Waals surface area (Å²) in [6, 6.07) is 13.9. The summed E-state index contributed by atoms with van der Waals surface area (Å²) in [6.07, 6.45) is 13.0. The molecule has 1 aromatic carbocycles. The van der Waals surface area contributed by atoms with Crippen LogP contribution in [-0.4, -0.2) is 41.0 Å². The SMILES string of the molecule is O=C(Nc1cncc(-c2ccc3[nH]nc(-c4nc5c(-c6cccnc6)ccnc5[nH]4)c3c2)c1)C1CCCC1. The fourth-order valence-corrected chi connectivity index (χ4v) is 5.25. The molecule has 6 aromatic rings. The molecule has 186 valence electrons. The number of carbonyl (C=O) groups is 1. The van der Waals surface area contributed by atoms with Crippen molar-refractivity contribution in [1.82, 2.24) is 35.1 Å². The highest BCUT2D eigenvalue weighted by atomic mass is 16.1. The molecule has 1 aliphatic rings. The largest absolute Gasteiger partial charge is 0.324 e. The second-order valence-corrected chi connectivity index (χ2v) is 9.65. The normalized spacial score (nSPS) is 13.9. The van der Waals surface area contributed by atoms with Crippen molar-refractivity contribution >= 4 is 33.7 Å². The van der Waals surface area contributed by atoms with Gasteiger partial charge in [0.05, 0.1) is 17.4 Å². The number of aromatic nitrogens is 7. The second-order valence-electron chi connectivity index (χ2n) is 9.65. The third-order valence-corrected chi connectivity index (χ3v) is 7.21. The van der Waals surface area contributed by atoms with E-state index in [0.29, 0.717) is 22.9 Å². The molecule has 38 heavy (non-hydrogen) atoms. The van der Waals surface area contributed by atoms with Crippen molar-refractivity contribution < 1.29 is 4.79 Å². The molecule has 0 radical (unpaired) electrons. The minimum Gasteiger partial charge on any atom is -0.324 e. The van der Waals surface area contributed by atoms with Gasteiger partial charge in [-0.25, -0.2) is 9.97 Å². The van der Waals surface area contributed by atoms with Gasteiger partial charge in [0, 0.05) is 52.8 Å². The summed E-state index contributed by atoms with van der Waals surface area (Å²) >= 11 is 0. The van der Waals surface area contributed by atoms with Gasteiger partial charge in [0.2, 0.25) is 5.91 Å². The van der Waals surface area contributed by atoms with Gasteiger partial charge in [-0.2, -0.15) is 5.10 Å². The van der Waals surface area contributed by atoms with Crippen LogP contribution in [0.4, 0.5) is 5.69 Å². The molecule has 5 heterocycles. The van der Waals surface area contributed by atoms with Crippen LogP contribution in [0.1, 0.15) is 25.7 Å². The number of H-pyrrole nitrogens is 2. The zero-order valence-electron chi connectivity index (χ0n) is 20.5. The lowest BCUT2D eigenvalue weighted by Crippen LogP contribution is -2.20. The predicted octanol–water partition coefficient (Wildman–Crippen LogP) is 5.75. The molecular formula is C29H24N8O. The van der Waals surface area contributed by atoms with E-state index >= 15 is 0 Å². The van der Waals surface area contributed by atoms with Gasteiger partial charge in [-0.15, -0.1) is 0 Å². The number of anilines is 1. The van der Waals surface area contributed by atoms with Gasteiger partial charge >= 0.3 is 0 Å². The number of nitrogens with zero attached hydrogens (tertiary/aromatic N) is 5. The zero-order chi connectivity index (χ0) is 25.5. The summed E-state index contributed by atoms with van der Waals surface area (Å²) in [6.45, 7) is 0. The number of nitrogens with one attached hydrogen (secondary N) is 3. The lowest BCUT2D eigenvalue weighted by Gasteiger charge is -2.11. The number of fused-ring (bicyclic) bond motifs is 2. The van der Waals surface area contributed by atoms with E-state index < -0.39 is 0 Å². The first kappa shape index (κ1) is 22.3. The standard InChI is InChI=1S/C29H24N8O/c38-29(17-4-1-2-5-17)33-21-12-20(15-31-16-21)18-7-8-24-23(13-18)26(37-36-24)28-34-25-22(9-11-32-27(25)35-28)19-6-3-10-30-14-19/h3,6-17H,1-2,4-5H2,(H,33,38)(H,36,37)(H,32,34,35). The van der Waals surface area contributed by atoms with Crippen LogP contribution < -0.4 is 5.32 Å². The maximum absolute atomic E-state index is 12.6. The van der Waals surface area contributed by atoms with Crippen LogP contribution in [-0.2, 0) is 4.79 Å². The first-order valence-electron chi connectivity index (χ1n) is 12.7. The van der Waals surface area contributed by atoms with Crippen molar-refractivity contribution in [3.8, 4) is 33.8 Å². The summed E-state index contributed by atoms with van der Waals surface area (Å²) in [4.78, 5) is 33.9. The smallest absolute Gasteiger partial charge is 0.227 e. The van der Waals surface area contributed by atoms with E-state index in [4.69, 9.17) is 4.98 Å². The van der Waals surface area contributed by atoms with Crippen molar-refractivity contribution in [2.24, 2.45) is 5.92 Å². The Balaban J connectivity index is 1.25. The maximum Gasteiger partial charge on any atom is 0.227 e. The molecular weight excluding hydrogens is 476 g/mol.